The van der Waals surface area contributed by atoms with E-state index in [-0.39, 0.29) is 17.5 Å². The van der Waals surface area contributed by atoms with E-state index in [1.165, 1.54) is 12.1 Å². The van der Waals surface area contributed by atoms with Crippen molar-refractivity contribution < 1.29 is 9.59 Å². The highest BCUT2D eigenvalue weighted by Crippen LogP contribution is 2.22. The van der Waals surface area contributed by atoms with Crippen LogP contribution in [0.25, 0.3) is 0 Å². The number of carbonyl (C=O) groups excluding carboxylic acids is 2. The molecule has 0 unspecified atom stereocenters. The fraction of sp³-hybridized carbons (Fsp3) is 0.125. The Hall–Kier alpha value is -1.69. The van der Waals surface area contributed by atoms with Crippen molar-refractivity contribution in [2.45, 2.75) is 4.90 Å². The lowest BCUT2D eigenvalue weighted by Crippen LogP contribution is -2.32. The average molecular weight is 369 g/mol. The first kappa shape index (κ1) is 17.7. The first-order valence-electron chi connectivity index (χ1n) is 6.67. The van der Waals surface area contributed by atoms with E-state index in [4.69, 9.17) is 23.2 Å². The first-order valence-corrected chi connectivity index (χ1v) is 8.65. The minimum absolute atomic E-state index is 0.136. The summed E-state index contributed by atoms with van der Waals surface area (Å²) in [5, 5.41) is 5.93. The lowest BCUT2D eigenvalue weighted by Gasteiger charge is -2.08. The van der Waals surface area contributed by atoms with E-state index in [9.17, 15) is 9.59 Å². The third-order valence-electron chi connectivity index (χ3n) is 2.94. The number of carbonyl (C=O) groups is 2. The molecule has 2 aromatic rings. The predicted octanol–water partition coefficient (Wildman–Crippen LogP) is 4.08. The fourth-order valence-corrected chi connectivity index (χ4v) is 2.56. The molecular weight excluding hydrogens is 355 g/mol. The molecule has 0 aliphatic carbocycles. The van der Waals surface area contributed by atoms with Crippen molar-refractivity contribution in [2.24, 2.45) is 0 Å². The van der Waals surface area contributed by atoms with Gasteiger partial charge in [-0.3, -0.25) is 9.59 Å². The normalized spacial score (nSPS) is 10.2. The van der Waals surface area contributed by atoms with Crippen molar-refractivity contribution in [3.63, 3.8) is 0 Å². The van der Waals surface area contributed by atoms with Gasteiger partial charge < -0.3 is 10.6 Å². The maximum atomic E-state index is 12.0. The third kappa shape index (κ3) is 5.16. The molecule has 2 N–H and O–H groups in total. The summed E-state index contributed by atoms with van der Waals surface area (Å²) in [6.07, 6.45) is 1.96. The molecular formula is C16H14Cl2N2O2S. The van der Waals surface area contributed by atoms with Gasteiger partial charge in [-0.15, -0.1) is 11.8 Å². The summed E-state index contributed by atoms with van der Waals surface area (Å²) >= 11 is 13.2. The van der Waals surface area contributed by atoms with E-state index < -0.39 is 5.91 Å². The summed E-state index contributed by atoms with van der Waals surface area (Å²) in [7, 11) is 0. The van der Waals surface area contributed by atoms with Gasteiger partial charge >= 0.3 is 0 Å². The van der Waals surface area contributed by atoms with Crippen LogP contribution < -0.4 is 10.6 Å². The maximum Gasteiger partial charge on any atom is 0.251 e. The number of hydrogen-bond donors (Lipinski definition) is 2. The van der Waals surface area contributed by atoms with Crippen LogP contribution in [0.1, 0.15) is 10.4 Å². The molecule has 0 atom stereocenters. The van der Waals surface area contributed by atoms with Gasteiger partial charge in [-0.2, -0.15) is 0 Å². The molecule has 4 nitrogen and oxygen atoms in total. The largest absolute Gasteiger partial charge is 0.343 e. The van der Waals surface area contributed by atoms with Gasteiger partial charge in [-0.05, 0) is 42.7 Å². The molecule has 0 heterocycles. The minimum Gasteiger partial charge on any atom is -0.343 e. The molecule has 0 saturated carbocycles. The topological polar surface area (TPSA) is 58.2 Å². The van der Waals surface area contributed by atoms with Gasteiger partial charge in [0.2, 0.25) is 5.91 Å². The van der Waals surface area contributed by atoms with Crippen LogP contribution in [-0.2, 0) is 4.79 Å². The van der Waals surface area contributed by atoms with E-state index in [0.717, 1.165) is 4.90 Å². The van der Waals surface area contributed by atoms with Crippen molar-refractivity contribution in [2.75, 3.05) is 18.1 Å². The van der Waals surface area contributed by atoms with E-state index in [1.54, 1.807) is 23.9 Å². The highest BCUT2D eigenvalue weighted by Gasteiger charge is 2.10. The Bertz CT molecular complexity index is 738. The average Bonchev–Trinajstić information content (AvgIpc) is 2.55. The van der Waals surface area contributed by atoms with Gasteiger partial charge in [0, 0.05) is 16.1 Å². The second kappa shape index (κ2) is 8.24. The zero-order valence-corrected chi connectivity index (χ0v) is 14.6. The highest BCUT2D eigenvalue weighted by molar-refractivity contribution is 7.98. The van der Waals surface area contributed by atoms with Gasteiger partial charge in [-0.1, -0.05) is 29.3 Å². The van der Waals surface area contributed by atoms with Gasteiger partial charge in [0.05, 0.1) is 16.6 Å². The summed E-state index contributed by atoms with van der Waals surface area (Å²) < 4.78 is 0. The second-order valence-electron chi connectivity index (χ2n) is 4.59. The van der Waals surface area contributed by atoms with Crippen molar-refractivity contribution in [1.29, 1.82) is 0 Å². The van der Waals surface area contributed by atoms with Crippen LogP contribution in [-0.4, -0.2) is 24.6 Å². The Morgan fingerprint density at radius 2 is 1.87 bits per heavy atom. The number of rotatable bonds is 5. The summed E-state index contributed by atoms with van der Waals surface area (Å²) in [4.78, 5) is 24.9. The number of thioether (sulfide) groups is 1. The van der Waals surface area contributed by atoms with Crippen LogP contribution in [0, 0.1) is 0 Å². The molecule has 0 aliphatic rings. The highest BCUT2D eigenvalue weighted by atomic mass is 35.5. The zero-order valence-electron chi connectivity index (χ0n) is 12.2. The van der Waals surface area contributed by atoms with Crippen LogP contribution >= 0.6 is 35.0 Å². The lowest BCUT2D eigenvalue weighted by molar-refractivity contribution is -0.115. The summed E-state index contributed by atoms with van der Waals surface area (Å²) in [5.41, 5.74) is 1.03. The molecule has 0 aliphatic heterocycles. The van der Waals surface area contributed by atoms with E-state index >= 15 is 0 Å². The minimum atomic E-state index is -0.392. The number of benzene rings is 2. The second-order valence-corrected chi connectivity index (χ2v) is 6.29. The number of amides is 2. The van der Waals surface area contributed by atoms with E-state index in [2.05, 4.69) is 10.6 Å². The monoisotopic (exact) mass is 368 g/mol. The Balaban J connectivity index is 1.90. The molecule has 0 saturated heterocycles. The maximum absolute atomic E-state index is 12.0. The van der Waals surface area contributed by atoms with Crippen molar-refractivity contribution in [3.05, 3.63) is 58.1 Å². The van der Waals surface area contributed by atoms with Crippen molar-refractivity contribution >= 4 is 52.5 Å². The van der Waals surface area contributed by atoms with Crippen LogP contribution in [0.15, 0.2) is 47.4 Å². The Morgan fingerprint density at radius 3 is 2.57 bits per heavy atom. The van der Waals surface area contributed by atoms with Gasteiger partial charge in [0.15, 0.2) is 0 Å². The van der Waals surface area contributed by atoms with Gasteiger partial charge in [0.25, 0.3) is 5.91 Å². The van der Waals surface area contributed by atoms with Crippen LogP contribution in [0.4, 0.5) is 5.69 Å². The lowest BCUT2D eigenvalue weighted by atomic mass is 10.2. The SMILES string of the molecule is CSc1cccc(NC(=O)CNC(=O)c2ccc(Cl)c(Cl)c2)c1. The molecule has 0 aromatic heterocycles. The Labute approximate surface area is 148 Å². The Kier molecular flexibility index (Phi) is 6.33. The zero-order chi connectivity index (χ0) is 16.8. The summed E-state index contributed by atoms with van der Waals surface area (Å²) in [6.45, 7) is -0.136. The molecule has 120 valence electrons. The Morgan fingerprint density at radius 1 is 1.09 bits per heavy atom. The smallest absolute Gasteiger partial charge is 0.251 e. The summed E-state index contributed by atoms with van der Waals surface area (Å²) in [6, 6.07) is 12.0. The fourth-order valence-electron chi connectivity index (χ4n) is 1.81. The number of nitrogens with one attached hydrogen (secondary N) is 2. The quantitative estimate of drug-likeness (QED) is 0.781. The van der Waals surface area contributed by atoms with Crippen LogP contribution in [0.2, 0.25) is 10.0 Å². The standard InChI is InChI=1S/C16H14Cl2N2O2S/c1-23-12-4-2-3-11(8-12)20-15(21)9-19-16(22)10-5-6-13(17)14(18)7-10/h2-8H,9H2,1H3,(H,19,22)(H,20,21). The first-order chi connectivity index (χ1) is 11.0. The number of anilines is 1. The number of halogens is 2. The van der Waals surface area contributed by atoms with Gasteiger partial charge in [0.1, 0.15) is 0 Å². The van der Waals surface area contributed by atoms with Gasteiger partial charge in [-0.25, -0.2) is 0 Å². The van der Waals surface area contributed by atoms with Crippen molar-refractivity contribution in [1.82, 2.24) is 5.32 Å². The molecule has 0 bridgehead atoms. The number of hydrogen-bond acceptors (Lipinski definition) is 3. The molecule has 2 aromatic carbocycles. The molecule has 7 heteroatoms. The van der Waals surface area contributed by atoms with Crippen LogP contribution in [0.3, 0.4) is 0 Å². The summed E-state index contributed by atoms with van der Waals surface area (Å²) in [5.74, 6) is -0.701. The van der Waals surface area contributed by atoms with E-state index in [0.29, 0.717) is 16.3 Å². The van der Waals surface area contributed by atoms with E-state index in [1.807, 2.05) is 24.5 Å². The molecule has 23 heavy (non-hydrogen) atoms. The molecule has 2 rings (SSSR count). The molecule has 0 fully saturated rings. The molecule has 0 spiro atoms. The van der Waals surface area contributed by atoms with Crippen molar-refractivity contribution in [3.8, 4) is 0 Å². The molecule has 0 radical (unpaired) electrons. The molecule has 2 amide bonds. The van der Waals surface area contributed by atoms with Crippen LogP contribution in [0.5, 0.6) is 0 Å². The third-order valence-corrected chi connectivity index (χ3v) is 4.41. The predicted molar refractivity (Wildman–Crippen MR) is 95.6 cm³/mol.